The molecule has 22 heavy (non-hydrogen) atoms. The Morgan fingerprint density at radius 2 is 1.95 bits per heavy atom. The van der Waals surface area contributed by atoms with E-state index in [-0.39, 0.29) is 18.4 Å². The number of hydrogen-bond acceptors (Lipinski definition) is 3. The molecule has 0 radical (unpaired) electrons. The highest BCUT2D eigenvalue weighted by Gasteiger charge is 2.23. The van der Waals surface area contributed by atoms with Gasteiger partial charge in [-0.15, -0.1) is 0 Å². The average molecular weight is 304 g/mol. The Balaban J connectivity index is 1.88. The van der Waals surface area contributed by atoms with Crippen molar-refractivity contribution in [1.82, 2.24) is 10.2 Å². The summed E-state index contributed by atoms with van der Waals surface area (Å²) in [5.41, 5.74) is 2.58. The topological polar surface area (TPSA) is 69.6 Å². The number of rotatable bonds is 6. The summed E-state index contributed by atoms with van der Waals surface area (Å²) >= 11 is 0. The molecular formula is C17H24N2O3. The summed E-state index contributed by atoms with van der Waals surface area (Å²) in [5, 5.41) is 11.8. The van der Waals surface area contributed by atoms with Crippen molar-refractivity contribution in [3.8, 4) is 0 Å². The zero-order valence-corrected chi connectivity index (χ0v) is 13.2. The van der Waals surface area contributed by atoms with Gasteiger partial charge in [-0.2, -0.15) is 0 Å². The van der Waals surface area contributed by atoms with Crippen LogP contribution in [0.1, 0.15) is 31.4 Å². The molecule has 0 bridgehead atoms. The van der Waals surface area contributed by atoms with E-state index >= 15 is 0 Å². The number of carbonyl (C=O) groups excluding carboxylic acids is 1. The summed E-state index contributed by atoms with van der Waals surface area (Å²) in [5.74, 6) is -0.957. The third-order valence-electron chi connectivity index (χ3n) is 3.92. The van der Waals surface area contributed by atoms with Crippen molar-refractivity contribution in [2.24, 2.45) is 5.92 Å². The Kier molecular flexibility index (Phi) is 5.55. The SMILES string of the molecule is CC(C)CC(NC(=O)CN1CCc2ccccc2C1)C(=O)O. The van der Waals surface area contributed by atoms with Crippen LogP contribution in [-0.4, -0.2) is 41.0 Å². The summed E-state index contributed by atoms with van der Waals surface area (Å²) in [6.45, 7) is 5.71. The Morgan fingerprint density at radius 1 is 1.27 bits per heavy atom. The van der Waals surface area contributed by atoms with Crippen molar-refractivity contribution in [2.45, 2.75) is 39.3 Å². The summed E-state index contributed by atoms with van der Waals surface area (Å²) in [6, 6.07) is 7.44. The zero-order valence-electron chi connectivity index (χ0n) is 13.2. The third-order valence-corrected chi connectivity index (χ3v) is 3.92. The fourth-order valence-corrected chi connectivity index (χ4v) is 2.83. The molecule has 1 heterocycles. The minimum atomic E-state index is -0.967. The molecule has 1 aromatic carbocycles. The van der Waals surface area contributed by atoms with E-state index in [1.807, 2.05) is 26.0 Å². The van der Waals surface area contributed by atoms with E-state index in [4.69, 9.17) is 0 Å². The Hall–Kier alpha value is -1.88. The summed E-state index contributed by atoms with van der Waals surface area (Å²) in [4.78, 5) is 25.4. The van der Waals surface area contributed by atoms with Crippen molar-refractivity contribution < 1.29 is 14.7 Å². The number of nitrogens with zero attached hydrogens (tertiary/aromatic N) is 1. The average Bonchev–Trinajstić information content (AvgIpc) is 2.45. The molecule has 1 atom stereocenters. The largest absolute Gasteiger partial charge is 0.480 e. The second kappa shape index (κ2) is 7.40. The normalized spacial score (nSPS) is 16.1. The van der Waals surface area contributed by atoms with Crippen LogP contribution in [0.2, 0.25) is 0 Å². The summed E-state index contributed by atoms with van der Waals surface area (Å²) < 4.78 is 0. The fourth-order valence-electron chi connectivity index (χ4n) is 2.83. The molecule has 5 nitrogen and oxygen atoms in total. The van der Waals surface area contributed by atoms with Gasteiger partial charge in [-0.1, -0.05) is 38.1 Å². The molecule has 2 N–H and O–H groups in total. The highest BCUT2D eigenvalue weighted by Crippen LogP contribution is 2.18. The lowest BCUT2D eigenvalue weighted by Gasteiger charge is -2.28. The van der Waals surface area contributed by atoms with Gasteiger partial charge in [0.25, 0.3) is 0 Å². The number of benzene rings is 1. The molecule has 120 valence electrons. The number of carboxylic acids is 1. The second-order valence-electron chi connectivity index (χ2n) is 6.32. The van der Waals surface area contributed by atoms with Gasteiger partial charge >= 0.3 is 5.97 Å². The van der Waals surface area contributed by atoms with Crippen LogP contribution in [0.4, 0.5) is 0 Å². The minimum Gasteiger partial charge on any atom is -0.480 e. The van der Waals surface area contributed by atoms with Crippen LogP contribution in [-0.2, 0) is 22.6 Å². The first-order chi connectivity index (χ1) is 10.5. The maximum atomic E-state index is 12.1. The molecule has 1 aliphatic rings. The van der Waals surface area contributed by atoms with Gasteiger partial charge in [-0.25, -0.2) is 4.79 Å². The molecular weight excluding hydrogens is 280 g/mol. The Morgan fingerprint density at radius 3 is 2.59 bits per heavy atom. The van der Waals surface area contributed by atoms with Gasteiger partial charge in [0, 0.05) is 13.1 Å². The molecule has 5 heteroatoms. The Labute approximate surface area is 131 Å². The maximum absolute atomic E-state index is 12.1. The van der Waals surface area contributed by atoms with Crippen molar-refractivity contribution in [3.63, 3.8) is 0 Å². The van der Waals surface area contributed by atoms with Gasteiger partial charge < -0.3 is 10.4 Å². The minimum absolute atomic E-state index is 0.215. The third kappa shape index (κ3) is 4.56. The molecule has 2 rings (SSSR count). The van der Waals surface area contributed by atoms with Crippen molar-refractivity contribution in [3.05, 3.63) is 35.4 Å². The molecule has 1 aliphatic heterocycles. The predicted octanol–water partition coefficient (Wildman–Crippen LogP) is 1.66. The van der Waals surface area contributed by atoms with Gasteiger partial charge in [-0.3, -0.25) is 9.69 Å². The first-order valence-corrected chi connectivity index (χ1v) is 7.77. The highest BCUT2D eigenvalue weighted by molar-refractivity contribution is 5.84. The first kappa shape index (κ1) is 16.5. The number of carboxylic acid groups (broad SMARTS) is 1. The van der Waals surface area contributed by atoms with Gasteiger partial charge in [0.2, 0.25) is 5.91 Å². The van der Waals surface area contributed by atoms with Gasteiger partial charge in [-0.05, 0) is 29.9 Å². The number of hydrogen-bond donors (Lipinski definition) is 2. The fraction of sp³-hybridized carbons (Fsp3) is 0.529. The molecule has 1 aromatic rings. The molecule has 1 amide bonds. The first-order valence-electron chi connectivity index (χ1n) is 7.77. The summed E-state index contributed by atoms with van der Waals surface area (Å²) in [7, 11) is 0. The Bertz CT molecular complexity index is 542. The van der Waals surface area contributed by atoms with Gasteiger partial charge in [0.1, 0.15) is 6.04 Å². The number of aliphatic carboxylic acids is 1. The molecule has 0 aliphatic carbocycles. The molecule has 0 saturated carbocycles. The van der Waals surface area contributed by atoms with Gasteiger partial charge in [0.05, 0.1) is 6.54 Å². The van der Waals surface area contributed by atoms with Crippen LogP contribution in [0.5, 0.6) is 0 Å². The standard InChI is InChI=1S/C17H24N2O3/c1-12(2)9-15(17(21)22)18-16(20)11-19-8-7-13-5-3-4-6-14(13)10-19/h3-6,12,15H,7-11H2,1-2H3,(H,18,20)(H,21,22). The van der Waals surface area contributed by atoms with Crippen molar-refractivity contribution in [2.75, 3.05) is 13.1 Å². The smallest absolute Gasteiger partial charge is 0.326 e. The summed E-state index contributed by atoms with van der Waals surface area (Å²) in [6.07, 6.45) is 1.38. The van der Waals surface area contributed by atoms with Gasteiger partial charge in [0.15, 0.2) is 0 Å². The van der Waals surface area contributed by atoms with E-state index < -0.39 is 12.0 Å². The molecule has 1 unspecified atom stereocenters. The van der Waals surface area contributed by atoms with E-state index in [1.54, 1.807) is 0 Å². The number of nitrogens with one attached hydrogen (secondary N) is 1. The van der Waals surface area contributed by atoms with E-state index in [0.29, 0.717) is 6.42 Å². The second-order valence-corrected chi connectivity index (χ2v) is 6.32. The van der Waals surface area contributed by atoms with E-state index in [9.17, 15) is 14.7 Å². The van der Waals surface area contributed by atoms with Crippen LogP contribution in [0.15, 0.2) is 24.3 Å². The van der Waals surface area contributed by atoms with E-state index in [2.05, 4.69) is 22.3 Å². The van der Waals surface area contributed by atoms with Crippen LogP contribution in [0, 0.1) is 5.92 Å². The quantitative estimate of drug-likeness (QED) is 0.838. The van der Waals surface area contributed by atoms with E-state index in [1.165, 1.54) is 11.1 Å². The number of carbonyl (C=O) groups is 2. The monoisotopic (exact) mass is 304 g/mol. The lowest BCUT2D eigenvalue weighted by molar-refractivity contribution is -0.142. The number of amides is 1. The molecule has 0 spiro atoms. The molecule has 0 saturated heterocycles. The van der Waals surface area contributed by atoms with Crippen LogP contribution < -0.4 is 5.32 Å². The van der Waals surface area contributed by atoms with Crippen molar-refractivity contribution >= 4 is 11.9 Å². The van der Waals surface area contributed by atoms with Crippen LogP contribution in [0.3, 0.4) is 0 Å². The lowest BCUT2D eigenvalue weighted by atomic mass is 10.00. The van der Waals surface area contributed by atoms with E-state index in [0.717, 1.165) is 19.5 Å². The van der Waals surface area contributed by atoms with Crippen LogP contribution >= 0.6 is 0 Å². The highest BCUT2D eigenvalue weighted by atomic mass is 16.4. The molecule has 0 aromatic heterocycles. The van der Waals surface area contributed by atoms with Crippen molar-refractivity contribution in [1.29, 1.82) is 0 Å². The molecule has 0 fully saturated rings. The lowest BCUT2D eigenvalue weighted by Crippen LogP contribution is -2.47. The zero-order chi connectivity index (χ0) is 16.1. The number of fused-ring (bicyclic) bond motifs is 1. The predicted molar refractivity (Wildman–Crippen MR) is 84.4 cm³/mol. The maximum Gasteiger partial charge on any atom is 0.326 e. The van der Waals surface area contributed by atoms with Crippen LogP contribution in [0.25, 0.3) is 0 Å².